The number of imidazole rings is 1. The molecule has 2 heterocycles. The van der Waals surface area contributed by atoms with Gasteiger partial charge in [0.25, 0.3) is 5.91 Å². The van der Waals surface area contributed by atoms with E-state index in [1.807, 2.05) is 103 Å². The van der Waals surface area contributed by atoms with Gasteiger partial charge in [-0.1, -0.05) is 54.6 Å². The molecule has 5 aromatic rings. The van der Waals surface area contributed by atoms with Gasteiger partial charge in [-0.25, -0.2) is 9.97 Å². The van der Waals surface area contributed by atoms with Gasteiger partial charge in [0.15, 0.2) is 0 Å². The first-order valence-corrected chi connectivity index (χ1v) is 11.5. The number of hydrogen-bond donors (Lipinski definition) is 1. The molecule has 1 amide bonds. The first-order chi connectivity index (χ1) is 17.1. The van der Waals surface area contributed by atoms with E-state index in [-0.39, 0.29) is 11.9 Å². The fourth-order valence-corrected chi connectivity index (χ4v) is 4.06. The Kier molecular flexibility index (Phi) is 6.22. The summed E-state index contributed by atoms with van der Waals surface area (Å²) in [6, 6.07) is 27.3. The molecule has 7 nitrogen and oxygen atoms in total. The number of carbonyl (C=O) groups excluding carboxylic acids is 1. The fourth-order valence-electron chi connectivity index (χ4n) is 4.06. The molecule has 174 valence electrons. The molecule has 0 aliphatic heterocycles. The Bertz CT molecular complexity index is 1460. The molecule has 3 aromatic carbocycles. The van der Waals surface area contributed by atoms with Crippen LogP contribution in [0.15, 0.2) is 97.5 Å². The Morgan fingerprint density at radius 3 is 2.63 bits per heavy atom. The van der Waals surface area contributed by atoms with E-state index in [0.717, 1.165) is 28.0 Å². The number of benzene rings is 3. The molecule has 0 bridgehead atoms. The zero-order valence-electron chi connectivity index (χ0n) is 19.7. The van der Waals surface area contributed by atoms with Crippen molar-refractivity contribution in [3.63, 3.8) is 0 Å². The van der Waals surface area contributed by atoms with Gasteiger partial charge in [0.05, 0.1) is 17.1 Å². The third kappa shape index (κ3) is 4.89. The summed E-state index contributed by atoms with van der Waals surface area (Å²) in [4.78, 5) is 28.3. The van der Waals surface area contributed by atoms with Gasteiger partial charge in [0, 0.05) is 25.4 Å². The maximum atomic E-state index is 13.0. The Balaban J connectivity index is 1.32. The zero-order chi connectivity index (χ0) is 24.2. The van der Waals surface area contributed by atoms with Crippen LogP contribution in [0, 0.1) is 0 Å². The van der Waals surface area contributed by atoms with Gasteiger partial charge in [-0.3, -0.25) is 9.36 Å². The summed E-state index contributed by atoms with van der Waals surface area (Å²) < 4.78 is 1.94. The highest BCUT2D eigenvalue weighted by Gasteiger charge is 2.15. The molecule has 0 radical (unpaired) electrons. The van der Waals surface area contributed by atoms with Crippen LogP contribution in [-0.4, -0.2) is 37.4 Å². The molecule has 0 saturated carbocycles. The SMILES string of the molecule is C[C@H](Nc1nccc(-n2cnc3ccccc32)n1)c1cccc(C(=O)N(C)Cc2ccccc2)c1. The van der Waals surface area contributed by atoms with Gasteiger partial charge in [0.1, 0.15) is 12.1 Å². The second kappa shape index (κ2) is 9.77. The number of carbonyl (C=O) groups is 1. The third-order valence-corrected chi connectivity index (χ3v) is 5.93. The van der Waals surface area contributed by atoms with Crippen molar-refractivity contribution in [1.29, 1.82) is 0 Å². The summed E-state index contributed by atoms with van der Waals surface area (Å²) in [6.07, 6.45) is 3.49. The predicted octanol–water partition coefficient (Wildman–Crippen LogP) is 5.26. The molecule has 0 unspecified atom stereocenters. The second-order valence-corrected chi connectivity index (χ2v) is 8.48. The minimum atomic E-state index is -0.100. The molecule has 35 heavy (non-hydrogen) atoms. The van der Waals surface area contributed by atoms with Crippen LogP contribution in [-0.2, 0) is 6.54 Å². The Morgan fingerprint density at radius 1 is 0.971 bits per heavy atom. The first-order valence-electron chi connectivity index (χ1n) is 11.5. The van der Waals surface area contributed by atoms with Gasteiger partial charge in [-0.05, 0) is 48.4 Å². The lowest BCUT2D eigenvalue weighted by atomic mass is 10.0. The number of nitrogens with one attached hydrogen (secondary N) is 1. The zero-order valence-corrected chi connectivity index (χ0v) is 19.7. The first kappa shape index (κ1) is 22.3. The van der Waals surface area contributed by atoms with Crippen molar-refractivity contribution in [1.82, 2.24) is 24.4 Å². The quantitative estimate of drug-likeness (QED) is 0.357. The maximum Gasteiger partial charge on any atom is 0.253 e. The number of fused-ring (bicyclic) bond motifs is 1. The summed E-state index contributed by atoms with van der Waals surface area (Å²) >= 11 is 0. The summed E-state index contributed by atoms with van der Waals surface area (Å²) in [5.74, 6) is 1.22. The van der Waals surface area contributed by atoms with Crippen LogP contribution >= 0.6 is 0 Å². The number of nitrogens with zero attached hydrogens (tertiary/aromatic N) is 5. The van der Waals surface area contributed by atoms with E-state index in [2.05, 4.69) is 20.3 Å². The highest BCUT2D eigenvalue weighted by Crippen LogP contribution is 2.21. The lowest BCUT2D eigenvalue weighted by Gasteiger charge is -2.19. The standard InChI is InChI=1S/C28H26N6O/c1-20(22-11-8-12-23(17-22)27(35)33(2)18-21-9-4-3-5-10-21)31-28-29-16-15-26(32-28)34-19-30-24-13-6-7-14-25(24)34/h3-17,19-20H,18H2,1-2H3,(H,29,31,32)/t20-/m0/s1. The molecule has 2 aromatic heterocycles. The van der Waals surface area contributed by atoms with Crippen molar-refractivity contribution in [2.24, 2.45) is 0 Å². The molecular weight excluding hydrogens is 436 g/mol. The van der Waals surface area contributed by atoms with Crippen molar-refractivity contribution in [3.05, 3.63) is 114 Å². The molecule has 1 atom stereocenters. The van der Waals surface area contributed by atoms with E-state index < -0.39 is 0 Å². The third-order valence-electron chi connectivity index (χ3n) is 5.93. The average molecular weight is 463 g/mol. The van der Waals surface area contributed by atoms with E-state index in [1.54, 1.807) is 17.4 Å². The number of para-hydroxylation sites is 2. The molecule has 0 saturated heterocycles. The molecule has 0 aliphatic rings. The van der Waals surface area contributed by atoms with E-state index in [0.29, 0.717) is 18.1 Å². The van der Waals surface area contributed by atoms with Crippen LogP contribution in [0.3, 0.4) is 0 Å². The Morgan fingerprint density at radius 2 is 1.77 bits per heavy atom. The van der Waals surface area contributed by atoms with Gasteiger partial charge in [0.2, 0.25) is 5.95 Å². The minimum absolute atomic E-state index is 0.0202. The number of aromatic nitrogens is 4. The lowest BCUT2D eigenvalue weighted by Crippen LogP contribution is -2.26. The minimum Gasteiger partial charge on any atom is -0.348 e. The summed E-state index contributed by atoms with van der Waals surface area (Å²) in [6.45, 7) is 2.58. The molecular formula is C28H26N6O. The van der Waals surface area contributed by atoms with Crippen LogP contribution in [0.5, 0.6) is 0 Å². The van der Waals surface area contributed by atoms with Crippen molar-refractivity contribution in [2.45, 2.75) is 19.5 Å². The summed E-state index contributed by atoms with van der Waals surface area (Å²) in [7, 11) is 1.82. The van der Waals surface area contributed by atoms with Crippen LogP contribution in [0.1, 0.15) is 34.5 Å². The van der Waals surface area contributed by atoms with Gasteiger partial charge >= 0.3 is 0 Å². The van der Waals surface area contributed by atoms with Crippen molar-refractivity contribution in [3.8, 4) is 5.82 Å². The highest BCUT2D eigenvalue weighted by molar-refractivity contribution is 5.94. The molecule has 7 heteroatoms. The Labute approximate surface area is 204 Å². The largest absolute Gasteiger partial charge is 0.348 e. The molecule has 0 spiro atoms. The van der Waals surface area contributed by atoms with Crippen molar-refractivity contribution in [2.75, 3.05) is 12.4 Å². The number of anilines is 1. The van der Waals surface area contributed by atoms with Gasteiger partial charge < -0.3 is 10.2 Å². The van der Waals surface area contributed by atoms with Crippen molar-refractivity contribution < 1.29 is 4.79 Å². The van der Waals surface area contributed by atoms with Crippen LogP contribution < -0.4 is 5.32 Å². The normalized spacial score (nSPS) is 11.8. The Hall–Kier alpha value is -4.52. The lowest BCUT2D eigenvalue weighted by molar-refractivity contribution is 0.0785. The predicted molar refractivity (Wildman–Crippen MR) is 137 cm³/mol. The highest BCUT2D eigenvalue weighted by atomic mass is 16.2. The monoisotopic (exact) mass is 462 g/mol. The van der Waals surface area contributed by atoms with Gasteiger partial charge in [-0.15, -0.1) is 0 Å². The number of amides is 1. The van der Waals surface area contributed by atoms with Crippen molar-refractivity contribution >= 4 is 22.9 Å². The summed E-state index contributed by atoms with van der Waals surface area (Å²) in [5.41, 5.74) is 4.61. The second-order valence-electron chi connectivity index (χ2n) is 8.48. The molecule has 1 N–H and O–H groups in total. The smallest absolute Gasteiger partial charge is 0.253 e. The van der Waals surface area contributed by atoms with Crippen LogP contribution in [0.4, 0.5) is 5.95 Å². The van der Waals surface area contributed by atoms with E-state index in [9.17, 15) is 4.79 Å². The number of hydrogen-bond acceptors (Lipinski definition) is 5. The molecule has 0 aliphatic carbocycles. The fraction of sp³-hybridized carbons (Fsp3) is 0.143. The average Bonchev–Trinajstić information content (AvgIpc) is 3.33. The van der Waals surface area contributed by atoms with Crippen LogP contribution in [0.2, 0.25) is 0 Å². The van der Waals surface area contributed by atoms with Gasteiger partial charge in [-0.2, -0.15) is 4.98 Å². The number of rotatable bonds is 7. The molecule has 0 fully saturated rings. The maximum absolute atomic E-state index is 13.0. The van der Waals surface area contributed by atoms with E-state index >= 15 is 0 Å². The van der Waals surface area contributed by atoms with E-state index in [4.69, 9.17) is 0 Å². The van der Waals surface area contributed by atoms with E-state index in [1.165, 1.54) is 0 Å². The van der Waals surface area contributed by atoms with Crippen LogP contribution in [0.25, 0.3) is 16.9 Å². The molecule has 5 rings (SSSR count). The topological polar surface area (TPSA) is 75.9 Å². The summed E-state index contributed by atoms with van der Waals surface area (Å²) in [5, 5.41) is 3.36.